The first-order valence-corrected chi connectivity index (χ1v) is 9.15. The number of ether oxygens (including phenoxy) is 2. The summed E-state index contributed by atoms with van der Waals surface area (Å²) in [6.45, 7) is 6.76. The second-order valence-corrected chi connectivity index (χ2v) is 6.48. The van der Waals surface area contributed by atoms with Gasteiger partial charge in [-0.15, -0.1) is 0 Å². The number of para-hydroxylation sites is 2. The Hall–Kier alpha value is -2.53. The number of hydrogen-bond donors (Lipinski definition) is 0. The Morgan fingerprint density at radius 2 is 1.73 bits per heavy atom. The highest BCUT2D eigenvalue weighted by Crippen LogP contribution is 2.16. The quantitative estimate of drug-likeness (QED) is 0.823. The third kappa shape index (κ3) is 5.23. The van der Waals surface area contributed by atoms with Gasteiger partial charge in [0.2, 0.25) is 0 Å². The Morgan fingerprint density at radius 1 is 0.962 bits per heavy atom. The molecule has 0 bridgehead atoms. The minimum Gasteiger partial charge on any atom is -0.492 e. The fraction of sp³-hybridized carbons (Fsp3) is 0.381. The molecule has 0 aliphatic carbocycles. The maximum Gasteiger partial charge on any atom is 0.415 e. The summed E-state index contributed by atoms with van der Waals surface area (Å²) in [5.74, 6) is 1.53. The van der Waals surface area contributed by atoms with Crippen molar-refractivity contribution in [3.8, 4) is 11.5 Å². The lowest BCUT2D eigenvalue weighted by Crippen LogP contribution is -2.37. The zero-order valence-corrected chi connectivity index (χ0v) is 15.3. The molecule has 0 saturated carbocycles. The Balaban J connectivity index is 1.43. The number of nitrogens with zero attached hydrogens (tertiary/aromatic N) is 2. The molecule has 0 spiro atoms. The molecule has 1 amide bonds. The van der Waals surface area contributed by atoms with Crippen molar-refractivity contribution in [2.24, 2.45) is 0 Å². The molecular weight excluding hydrogens is 328 g/mol. The van der Waals surface area contributed by atoms with Gasteiger partial charge in [-0.25, -0.2) is 4.79 Å². The van der Waals surface area contributed by atoms with Crippen LogP contribution in [0, 0.1) is 6.92 Å². The van der Waals surface area contributed by atoms with Crippen LogP contribution >= 0.6 is 0 Å². The Bertz CT molecular complexity index is 705. The fourth-order valence-electron chi connectivity index (χ4n) is 3.03. The molecule has 1 aliphatic heterocycles. The highest BCUT2D eigenvalue weighted by Gasteiger charge is 2.20. The molecule has 1 fully saturated rings. The van der Waals surface area contributed by atoms with Gasteiger partial charge in [0.25, 0.3) is 0 Å². The van der Waals surface area contributed by atoms with Crippen LogP contribution in [-0.2, 0) is 0 Å². The molecule has 0 atom stereocenters. The Labute approximate surface area is 155 Å². The van der Waals surface area contributed by atoms with E-state index < -0.39 is 0 Å². The first kappa shape index (κ1) is 18.3. The fourth-order valence-corrected chi connectivity index (χ4v) is 3.03. The van der Waals surface area contributed by atoms with E-state index in [2.05, 4.69) is 17.9 Å². The molecule has 5 heteroatoms. The van der Waals surface area contributed by atoms with Crippen LogP contribution in [-0.4, -0.2) is 55.2 Å². The highest BCUT2D eigenvalue weighted by atomic mass is 16.6. The number of aryl methyl sites for hydroxylation is 1. The van der Waals surface area contributed by atoms with Crippen LogP contribution in [0.2, 0.25) is 0 Å². The van der Waals surface area contributed by atoms with E-state index >= 15 is 0 Å². The second kappa shape index (κ2) is 9.25. The zero-order valence-electron chi connectivity index (χ0n) is 15.3. The largest absolute Gasteiger partial charge is 0.492 e. The average Bonchev–Trinajstić information content (AvgIpc) is 2.90. The van der Waals surface area contributed by atoms with Crippen LogP contribution in [0.25, 0.3) is 0 Å². The standard InChI is InChI=1S/C21H26N2O3/c1-18-8-5-6-11-20(18)25-17-16-22-12-7-13-23(15-14-22)21(24)26-19-9-3-2-4-10-19/h2-6,8-11H,7,12-17H2,1H3. The van der Waals surface area contributed by atoms with Crippen LogP contribution in [0.5, 0.6) is 11.5 Å². The van der Waals surface area contributed by atoms with E-state index in [0.717, 1.165) is 43.9 Å². The van der Waals surface area contributed by atoms with Crippen molar-refractivity contribution >= 4 is 6.09 Å². The molecule has 0 aromatic heterocycles. The van der Waals surface area contributed by atoms with E-state index in [9.17, 15) is 4.79 Å². The molecule has 0 N–H and O–H groups in total. The van der Waals surface area contributed by atoms with Gasteiger partial charge in [-0.3, -0.25) is 4.90 Å². The summed E-state index contributed by atoms with van der Waals surface area (Å²) in [6, 6.07) is 17.3. The van der Waals surface area contributed by atoms with Crippen molar-refractivity contribution in [2.75, 3.05) is 39.3 Å². The maximum atomic E-state index is 12.3. The van der Waals surface area contributed by atoms with Crippen molar-refractivity contribution in [2.45, 2.75) is 13.3 Å². The lowest BCUT2D eigenvalue weighted by molar-refractivity contribution is 0.152. The third-order valence-corrected chi connectivity index (χ3v) is 4.55. The van der Waals surface area contributed by atoms with Crippen molar-refractivity contribution in [1.29, 1.82) is 0 Å². The van der Waals surface area contributed by atoms with Gasteiger partial charge >= 0.3 is 6.09 Å². The number of rotatable bonds is 5. The lowest BCUT2D eigenvalue weighted by atomic mass is 10.2. The van der Waals surface area contributed by atoms with Crippen molar-refractivity contribution in [1.82, 2.24) is 9.80 Å². The van der Waals surface area contributed by atoms with Gasteiger partial charge in [0.1, 0.15) is 18.1 Å². The van der Waals surface area contributed by atoms with Crippen LogP contribution in [0.4, 0.5) is 4.79 Å². The smallest absolute Gasteiger partial charge is 0.415 e. The van der Waals surface area contributed by atoms with Gasteiger partial charge < -0.3 is 14.4 Å². The third-order valence-electron chi connectivity index (χ3n) is 4.55. The van der Waals surface area contributed by atoms with E-state index in [-0.39, 0.29) is 6.09 Å². The summed E-state index contributed by atoms with van der Waals surface area (Å²) in [6.07, 6.45) is 0.669. The summed E-state index contributed by atoms with van der Waals surface area (Å²) in [5.41, 5.74) is 1.15. The van der Waals surface area contributed by atoms with E-state index in [1.807, 2.05) is 36.4 Å². The molecule has 2 aromatic rings. The van der Waals surface area contributed by atoms with Gasteiger partial charge in [0, 0.05) is 32.7 Å². The van der Waals surface area contributed by atoms with Crippen LogP contribution in [0.3, 0.4) is 0 Å². The topological polar surface area (TPSA) is 42.0 Å². The molecule has 1 heterocycles. The molecule has 0 unspecified atom stereocenters. The molecule has 3 rings (SSSR count). The molecule has 1 aliphatic rings. The van der Waals surface area contributed by atoms with Crippen LogP contribution in [0.1, 0.15) is 12.0 Å². The Morgan fingerprint density at radius 3 is 2.54 bits per heavy atom. The normalized spacial score (nSPS) is 15.3. The summed E-state index contributed by atoms with van der Waals surface area (Å²) in [5, 5.41) is 0. The maximum absolute atomic E-state index is 12.3. The monoisotopic (exact) mass is 354 g/mol. The van der Waals surface area contributed by atoms with Gasteiger partial charge in [-0.05, 0) is 37.1 Å². The molecular formula is C21H26N2O3. The van der Waals surface area contributed by atoms with Gasteiger partial charge in [-0.1, -0.05) is 36.4 Å². The molecule has 0 radical (unpaired) electrons. The van der Waals surface area contributed by atoms with Crippen LogP contribution < -0.4 is 9.47 Å². The van der Waals surface area contributed by atoms with Crippen molar-refractivity contribution in [3.05, 3.63) is 60.2 Å². The lowest BCUT2D eigenvalue weighted by Gasteiger charge is -2.21. The van der Waals surface area contributed by atoms with E-state index in [0.29, 0.717) is 18.9 Å². The van der Waals surface area contributed by atoms with E-state index in [4.69, 9.17) is 9.47 Å². The number of hydrogen-bond acceptors (Lipinski definition) is 4. The number of amides is 1. The van der Waals surface area contributed by atoms with Crippen molar-refractivity contribution < 1.29 is 14.3 Å². The average molecular weight is 354 g/mol. The van der Waals surface area contributed by atoms with Gasteiger partial charge in [-0.2, -0.15) is 0 Å². The highest BCUT2D eigenvalue weighted by molar-refractivity contribution is 5.70. The molecule has 5 nitrogen and oxygen atoms in total. The summed E-state index contributed by atoms with van der Waals surface area (Å²) in [7, 11) is 0. The SMILES string of the molecule is Cc1ccccc1OCCN1CCCN(C(=O)Oc2ccccc2)CC1. The van der Waals surface area contributed by atoms with Gasteiger partial charge in [0.15, 0.2) is 0 Å². The number of carbonyl (C=O) groups is 1. The second-order valence-electron chi connectivity index (χ2n) is 6.48. The summed E-state index contributed by atoms with van der Waals surface area (Å²) in [4.78, 5) is 16.5. The predicted molar refractivity (Wildman–Crippen MR) is 102 cm³/mol. The first-order valence-electron chi connectivity index (χ1n) is 9.15. The zero-order chi connectivity index (χ0) is 18.2. The summed E-state index contributed by atoms with van der Waals surface area (Å²) >= 11 is 0. The van der Waals surface area contributed by atoms with Crippen molar-refractivity contribution in [3.63, 3.8) is 0 Å². The van der Waals surface area contributed by atoms with E-state index in [1.54, 1.807) is 17.0 Å². The van der Waals surface area contributed by atoms with Crippen LogP contribution in [0.15, 0.2) is 54.6 Å². The first-order chi connectivity index (χ1) is 12.7. The molecule has 26 heavy (non-hydrogen) atoms. The number of carbonyl (C=O) groups excluding carboxylic acids is 1. The minimum atomic E-state index is -0.269. The summed E-state index contributed by atoms with van der Waals surface area (Å²) < 4.78 is 11.3. The predicted octanol–water partition coefficient (Wildman–Crippen LogP) is 3.58. The number of benzene rings is 2. The van der Waals surface area contributed by atoms with Gasteiger partial charge in [0.05, 0.1) is 0 Å². The Kier molecular flexibility index (Phi) is 6.50. The molecule has 138 valence electrons. The molecule has 2 aromatic carbocycles. The molecule has 1 saturated heterocycles. The van der Waals surface area contributed by atoms with E-state index in [1.165, 1.54) is 0 Å². The minimum absolute atomic E-state index is 0.269.